The quantitative estimate of drug-likeness (QED) is 0.625. The summed E-state index contributed by atoms with van der Waals surface area (Å²) >= 11 is 1.40. The van der Waals surface area contributed by atoms with Gasteiger partial charge in [-0.25, -0.2) is 4.98 Å². The molecule has 0 saturated carbocycles. The van der Waals surface area contributed by atoms with Crippen LogP contribution in [0.15, 0.2) is 39.9 Å². The molecule has 0 radical (unpaired) electrons. The Hall–Kier alpha value is -2.28. The van der Waals surface area contributed by atoms with E-state index in [9.17, 15) is 0 Å². The molecule has 2 rings (SSSR count). The second kappa shape index (κ2) is 5.37. The van der Waals surface area contributed by atoms with Gasteiger partial charge in [0.1, 0.15) is 5.84 Å². The number of amidine groups is 1. The highest BCUT2D eigenvalue weighted by Crippen LogP contribution is 2.17. The normalized spacial score (nSPS) is 12.7. The molecule has 2 heterocycles. The van der Waals surface area contributed by atoms with E-state index in [1.807, 2.05) is 12.3 Å². The molecule has 0 aliphatic carbocycles. The molecule has 0 aromatic carbocycles. The third-order valence-corrected chi connectivity index (χ3v) is 2.88. The Morgan fingerprint density at radius 1 is 1.28 bits per heavy atom. The van der Waals surface area contributed by atoms with Gasteiger partial charge < -0.3 is 11.5 Å². The van der Waals surface area contributed by atoms with Gasteiger partial charge in [0, 0.05) is 23.3 Å². The number of rotatable bonds is 2. The van der Waals surface area contributed by atoms with Crippen molar-refractivity contribution in [3.8, 4) is 0 Å². The smallest absolute Gasteiger partial charge is 0.224 e. The maximum absolute atomic E-state index is 5.80. The van der Waals surface area contributed by atoms with Crippen molar-refractivity contribution in [2.45, 2.75) is 6.92 Å². The Labute approximate surface area is 108 Å². The number of aryl methyl sites for hydroxylation is 1. The number of nitrogens with zero attached hydrogens (tertiary/aromatic N) is 4. The second-order valence-corrected chi connectivity index (χ2v) is 4.31. The summed E-state index contributed by atoms with van der Waals surface area (Å²) in [6, 6.07) is 3.50. The summed E-state index contributed by atoms with van der Waals surface area (Å²) in [7, 11) is 0. The minimum Gasteiger partial charge on any atom is -0.383 e. The van der Waals surface area contributed by atoms with E-state index >= 15 is 0 Å². The van der Waals surface area contributed by atoms with E-state index in [0.717, 1.165) is 11.3 Å². The highest BCUT2D eigenvalue weighted by atomic mass is 32.1. The van der Waals surface area contributed by atoms with Crippen LogP contribution in [0, 0.1) is 6.92 Å². The first-order valence-corrected chi connectivity index (χ1v) is 6.04. The first kappa shape index (κ1) is 12.2. The lowest BCUT2D eigenvalue weighted by molar-refractivity contribution is 1.23. The molecule has 92 valence electrons. The lowest BCUT2D eigenvalue weighted by Gasteiger charge is -1.99. The van der Waals surface area contributed by atoms with E-state index < -0.39 is 0 Å². The van der Waals surface area contributed by atoms with Crippen molar-refractivity contribution >= 4 is 28.3 Å². The number of thiazole rings is 1. The molecule has 4 N–H and O–H groups in total. The molecular weight excluding hydrogens is 248 g/mol. The van der Waals surface area contributed by atoms with Gasteiger partial charge in [0.25, 0.3) is 0 Å². The molecule has 2 aromatic rings. The van der Waals surface area contributed by atoms with Gasteiger partial charge in [-0.3, -0.25) is 4.98 Å². The van der Waals surface area contributed by atoms with Crippen LogP contribution in [0.5, 0.6) is 0 Å². The van der Waals surface area contributed by atoms with E-state index in [2.05, 4.69) is 20.0 Å². The number of aromatic nitrogens is 2. The number of hydrogen-bond acceptors (Lipinski definition) is 4. The van der Waals surface area contributed by atoms with Crippen LogP contribution in [-0.4, -0.2) is 21.8 Å². The minimum absolute atomic E-state index is 0.0821. The number of hydrogen-bond donors (Lipinski definition) is 2. The molecule has 18 heavy (non-hydrogen) atoms. The van der Waals surface area contributed by atoms with Crippen LogP contribution in [0.25, 0.3) is 0 Å². The molecule has 0 aliphatic heterocycles. The minimum atomic E-state index is 0.0821. The van der Waals surface area contributed by atoms with Crippen molar-refractivity contribution < 1.29 is 0 Å². The van der Waals surface area contributed by atoms with Crippen LogP contribution in [0.4, 0.5) is 5.13 Å². The molecule has 2 aromatic heterocycles. The largest absolute Gasteiger partial charge is 0.383 e. The van der Waals surface area contributed by atoms with Gasteiger partial charge in [-0.2, -0.15) is 9.98 Å². The van der Waals surface area contributed by atoms with Crippen LogP contribution < -0.4 is 11.5 Å². The van der Waals surface area contributed by atoms with Crippen molar-refractivity contribution in [3.05, 3.63) is 41.2 Å². The second-order valence-electron chi connectivity index (χ2n) is 3.47. The van der Waals surface area contributed by atoms with E-state index in [-0.39, 0.29) is 5.96 Å². The highest BCUT2D eigenvalue weighted by molar-refractivity contribution is 7.13. The Morgan fingerprint density at radius 2 is 2.00 bits per heavy atom. The van der Waals surface area contributed by atoms with Gasteiger partial charge in [0.15, 0.2) is 0 Å². The van der Waals surface area contributed by atoms with Crippen LogP contribution in [0.2, 0.25) is 0 Å². The summed E-state index contributed by atoms with van der Waals surface area (Å²) in [5.41, 5.74) is 13.1. The topological polar surface area (TPSA) is 103 Å². The monoisotopic (exact) mass is 260 g/mol. The highest BCUT2D eigenvalue weighted by Gasteiger charge is 2.00. The van der Waals surface area contributed by atoms with Gasteiger partial charge in [0.05, 0.1) is 5.69 Å². The first-order chi connectivity index (χ1) is 8.65. The van der Waals surface area contributed by atoms with Crippen LogP contribution in [0.1, 0.15) is 11.3 Å². The molecule has 0 fully saturated rings. The molecule has 0 aliphatic rings. The molecule has 0 spiro atoms. The van der Waals surface area contributed by atoms with Crippen molar-refractivity contribution in [3.63, 3.8) is 0 Å². The maximum Gasteiger partial charge on any atom is 0.224 e. The number of aliphatic imine (C=N–C) groups is 2. The Kier molecular flexibility index (Phi) is 3.63. The van der Waals surface area contributed by atoms with E-state index in [1.165, 1.54) is 11.3 Å². The Balaban J connectivity index is 2.20. The maximum atomic E-state index is 5.80. The molecule has 0 bridgehead atoms. The van der Waals surface area contributed by atoms with Gasteiger partial charge in [-0.1, -0.05) is 0 Å². The van der Waals surface area contributed by atoms with Crippen molar-refractivity contribution in [1.82, 2.24) is 9.97 Å². The van der Waals surface area contributed by atoms with Gasteiger partial charge in [0.2, 0.25) is 11.1 Å². The SMILES string of the molecule is Cc1csc(/N=C(N)/N=C(\N)c2ccncc2)n1. The number of nitrogens with two attached hydrogens (primary N) is 2. The lowest BCUT2D eigenvalue weighted by Crippen LogP contribution is -2.19. The van der Waals surface area contributed by atoms with Crippen LogP contribution in [0.3, 0.4) is 0 Å². The number of pyridine rings is 1. The Morgan fingerprint density at radius 3 is 2.61 bits per heavy atom. The molecule has 7 heteroatoms. The molecule has 0 saturated heterocycles. The number of guanidine groups is 1. The predicted octanol–water partition coefficient (Wildman–Crippen LogP) is 1.20. The summed E-state index contributed by atoms with van der Waals surface area (Å²) in [6.07, 6.45) is 3.27. The summed E-state index contributed by atoms with van der Waals surface area (Å²) in [6.45, 7) is 1.89. The Bertz CT molecular complexity index is 587. The van der Waals surface area contributed by atoms with Gasteiger partial charge in [-0.05, 0) is 19.1 Å². The molecule has 6 nitrogen and oxygen atoms in total. The van der Waals surface area contributed by atoms with Crippen molar-refractivity contribution in [2.24, 2.45) is 21.5 Å². The van der Waals surface area contributed by atoms with Crippen LogP contribution in [-0.2, 0) is 0 Å². The van der Waals surface area contributed by atoms with E-state index in [0.29, 0.717) is 11.0 Å². The summed E-state index contributed by atoms with van der Waals surface area (Å²) in [5, 5.41) is 2.46. The fourth-order valence-corrected chi connectivity index (χ4v) is 1.90. The first-order valence-electron chi connectivity index (χ1n) is 5.16. The lowest BCUT2D eigenvalue weighted by atomic mass is 10.2. The zero-order valence-corrected chi connectivity index (χ0v) is 10.6. The zero-order valence-electron chi connectivity index (χ0n) is 9.74. The van der Waals surface area contributed by atoms with E-state index in [4.69, 9.17) is 11.5 Å². The van der Waals surface area contributed by atoms with Gasteiger partial charge in [-0.15, -0.1) is 11.3 Å². The molecule has 0 amide bonds. The average Bonchev–Trinajstić information content (AvgIpc) is 2.75. The third kappa shape index (κ3) is 3.11. The van der Waals surface area contributed by atoms with E-state index in [1.54, 1.807) is 24.5 Å². The van der Waals surface area contributed by atoms with Crippen molar-refractivity contribution in [2.75, 3.05) is 0 Å². The predicted molar refractivity (Wildman–Crippen MR) is 73.1 cm³/mol. The summed E-state index contributed by atoms with van der Waals surface area (Å²) in [5.74, 6) is 0.380. The standard InChI is InChI=1S/C11H12N6S/c1-7-6-18-11(15-7)17-10(13)16-9(12)8-2-4-14-5-3-8/h2-6H,1H3,(H4,12,13,15,16,17). The summed E-state index contributed by atoms with van der Waals surface area (Å²) in [4.78, 5) is 16.1. The molecule has 0 atom stereocenters. The van der Waals surface area contributed by atoms with Crippen molar-refractivity contribution in [1.29, 1.82) is 0 Å². The average molecular weight is 260 g/mol. The fraction of sp³-hybridized carbons (Fsp3) is 0.0909. The summed E-state index contributed by atoms with van der Waals surface area (Å²) < 4.78 is 0. The third-order valence-electron chi connectivity index (χ3n) is 2.03. The molecular formula is C11H12N6S. The molecule has 0 unspecified atom stereocenters. The van der Waals surface area contributed by atoms with Gasteiger partial charge >= 0.3 is 0 Å². The fourth-order valence-electron chi connectivity index (χ4n) is 1.23. The zero-order chi connectivity index (χ0) is 13.0. The van der Waals surface area contributed by atoms with Crippen LogP contribution >= 0.6 is 11.3 Å².